The van der Waals surface area contributed by atoms with Crippen molar-refractivity contribution in [2.75, 3.05) is 13.1 Å². The highest BCUT2D eigenvalue weighted by atomic mass is 15.2. The summed E-state index contributed by atoms with van der Waals surface area (Å²) in [6.45, 7) is 16.3. The Morgan fingerprint density at radius 1 is 1.00 bits per heavy atom. The molecule has 114 valence electrons. The van der Waals surface area contributed by atoms with E-state index in [2.05, 4.69) is 51.8 Å². The standard InChI is InChI=1S/C17H36N2/c1-13(2)16-8-7-9-17(12-16)18-10-11-19(14(3)4)15(5)6/h13-18H,7-12H2,1-6H3. The molecule has 2 nitrogen and oxygen atoms in total. The highest BCUT2D eigenvalue weighted by molar-refractivity contribution is 4.80. The van der Waals surface area contributed by atoms with Crippen LogP contribution in [0.3, 0.4) is 0 Å². The fraction of sp³-hybridized carbons (Fsp3) is 1.00. The van der Waals surface area contributed by atoms with Gasteiger partial charge in [-0.2, -0.15) is 0 Å². The second-order valence-corrected chi connectivity index (χ2v) is 7.25. The lowest BCUT2D eigenvalue weighted by Gasteiger charge is -2.34. The lowest BCUT2D eigenvalue weighted by molar-refractivity contribution is 0.166. The van der Waals surface area contributed by atoms with Crippen molar-refractivity contribution in [1.29, 1.82) is 0 Å². The van der Waals surface area contributed by atoms with Gasteiger partial charge in [-0.25, -0.2) is 0 Å². The van der Waals surface area contributed by atoms with Gasteiger partial charge < -0.3 is 5.32 Å². The molecule has 0 aromatic rings. The van der Waals surface area contributed by atoms with Crippen molar-refractivity contribution >= 4 is 0 Å². The van der Waals surface area contributed by atoms with E-state index < -0.39 is 0 Å². The Balaban J connectivity index is 2.28. The molecule has 1 N–H and O–H groups in total. The quantitative estimate of drug-likeness (QED) is 0.753. The molecule has 0 aromatic carbocycles. The van der Waals surface area contributed by atoms with Crippen LogP contribution in [0.4, 0.5) is 0 Å². The monoisotopic (exact) mass is 268 g/mol. The highest BCUT2D eigenvalue weighted by Crippen LogP contribution is 2.29. The van der Waals surface area contributed by atoms with Crippen molar-refractivity contribution in [2.45, 2.75) is 85.4 Å². The Kier molecular flexibility index (Phi) is 7.38. The molecule has 0 aromatic heterocycles. The first kappa shape index (κ1) is 17.0. The predicted octanol–water partition coefficient (Wildman–Crippen LogP) is 3.91. The molecular formula is C17H36N2. The summed E-state index contributed by atoms with van der Waals surface area (Å²) in [5.74, 6) is 1.80. The van der Waals surface area contributed by atoms with E-state index in [0.29, 0.717) is 12.1 Å². The van der Waals surface area contributed by atoms with Crippen molar-refractivity contribution in [2.24, 2.45) is 11.8 Å². The summed E-state index contributed by atoms with van der Waals surface area (Å²) in [4.78, 5) is 2.58. The summed E-state index contributed by atoms with van der Waals surface area (Å²) in [6, 6.07) is 2.07. The topological polar surface area (TPSA) is 15.3 Å². The largest absolute Gasteiger partial charge is 0.313 e. The van der Waals surface area contributed by atoms with Crippen LogP contribution in [0.25, 0.3) is 0 Å². The van der Waals surface area contributed by atoms with Crippen LogP contribution in [0.1, 0.15) is 67.2 Å². The molecule has 0 saturated heterocycles. The summed E-state index contributed by atoms with van der Waals surface area (Å²) in [5.41, 5.74) is 0. The molecule has 1 saturated carbocycles. The summed E-state index contributed by atoms with van der Waals surface area (Å²) in [7, 11) is 0. The van der Waals surface area contributed by atoms with E-state index in [1.54, 1.807) is 0 Å². The van der Waals surface area contributed by atoms with Crippen molar-refractivity contribution < 1.29 is 0 Å². The average Bonchev–Trinajstić information content (AvgIpc) is 2.34. The first-order valence-electron chi connectivity index (χ1n) is 8.41. The van der Waals surface area contributed by atoms with Gasteiger partial charge >= 0.3 is 0 Å². The maximum absolute atomic E-state index is 3.80. The van der Waals surface area contributed by atoms with E-state index in [0.717, 1.165) is 24.4 Å². The lowest BCUT2D eigenvalue weighted by Crippen LogP contribution is -2.44. The smallest absolute Gasteiger partial charge is 0.0112 e. The van der Waals surface area contributed by atoms with Gasteiger partial charge in [0.25, 0.3) is 0 Å². The predicted molar refractivity (Wildman–Crippen MR) is 85.6 cm³/mol. The Morgan fingerprint density at radius 2 is 1.63 bits per heavy atom. The first-order chi connectivity index (χ1) is 8.91. The van der Waals surface area contributed by atoms with Gasteiger partial charge in [-0.1, -0.05) is 26.7 Å². The minimum atomic E-state index is 0.650. The number of nitrogens with one attached hydrogen (secondary N) is 1. The summed E-state index contributed by atoms with van der Waals surface area (Å²) < 4.78 is 0. The van der Waals surface area contributed by atoms with Crippen molar-refractivity contribution in [3.8, 4) is 0 Å². The van der Waals surface area contributed by atoms with Crippen LogP contribution in [-0.2, 0) is 0 Å². The maximum Gasteiger partial charge on any atom is 0.0112 e. The Hall–Kier alpha value is -0.0800. The van der Waals surface area contributed by atoms with Gasteiger partial charge in [-0.3, -0.25) is 4.90 Å². The third kappa shape index (κ3) is 5.83. The van der Waals surface area contributed by atoms with Gasteiger partial charge in [0.05, 0.1) is 0 Å². The summed E-state index contributed by atoms with van der Waals surface area (Å²) in [6.07, 6.45) is 5.63. The number of hydrogen-bond acceptors (Lipinski definition) is 2. The second-order valence-electron chi connectivity index (χ2n) is 7.25. The van der Waals surface area contributed by atoms with Crippen molar-refractivity contribution in [3.05, 3.63) is 0 Å². The molecular weight excluding hydrogens is 232 g/mol. The van der Waals surface area contributed by atoms with Crippen LogP contribution in [0.15, 0.2) is 0 Å². The normalized spacial score (nSPS) is 24.9. The van der Waals surface area contributed by atoms with Crippen molar-refractivity contribution in [3.63, 3.8) is 0 Å². The van der Waals surface area contributed by atoms with Crippen LogP contribution < -0.4 is 5.32 Å². The van der Waals surface area contributed by atoms with E-state index in [1.165, 1.54) is 32.2 Å². The fourth-order valence-electron chi connectivity index (χ4n) is 3.53. The SMILES string of the molecule is CC(C)C1CCCC(NCCN(C(C)C)C(C)C)C1. The van der Waals surface area contributed by atoms with E-state index in [9.17, 15) is 0 Å². The minimum Gasteiger partial charge on any atom is -0.313 e. The van der Waals surface area contributed by atoms with Crippen molar-refractivity contribution in [1.82, 2.24) is 10.2 Å². The van der Waals surface area contributed by atoms with E-state index >= 15 is 0 Å². The number of rotatable bonds is 7. The third-order valence-corrected chi connectivity index (χ3v) is 4.79. The van der Waals surface area contributed by atoms with E-state index in [1.807, 2.05) is 0 Å². The van der Waals surface area contributed by atoms with E-state index in [4.69, 9.17) is 0 Å². The fourth-order valence-corrected chi connectivity index (χ4v) is 3.53. The zero-order valence-electron chi connectivity index (χ0n) is 14.1. The minimum absolute atomic E-state index is 0.650. The summed E-state index contributed by atoms with van der Waals surface area (Å²) >= 11 is 0. The molecule has 1 aliphatic rings. The van der Waals surface area contributed by atoms with Gasteiger partial charge in [-0.05, 0) is 52.4 Å². The molecule has 0 aliphatic heterocycles. The van der Waals surface area contributed by atoms with Crippen LogP contribution in [-0.4, -0.2) is 36.1 Å². The molecule has 2 heteroatoms. The van der Waals surface area contributed by atoms with E-state index in [-0.39, 0.29) is 0 Å². The molecule has 19 heavy (non-hydrogen) atoms. The Morgan fingerprint density at radius 3 is 2.16 bits per heavy atom. The molecule has 2 unspecified atom stereocenters. The first-order valence-corrected chi connectivity index (χ1v) is 8.41. The van der Waals surface area contributed by atoms with Gasteiger partial charge in [0.1, 0.15) is 0 Å². The molecule has 0 spiro atoms. The molecule has 0 amide bonds. The Bertz CT molecular complexity index is 227. The molecule has 0 bridgehead atoms. The molecule has 0 heterocycles. The van der Waals surface area contributed by atoms with Crippen LogP contribution >= 0.6 is 0 Å². The zero-order chi connectivity index (χ0) is 14.4. The molecule has 2 atom stereocenters. The molecule has 1 fully saturated rings. The van der Waals surface area contributed by atoms with Gasteiger partial charge in [0.2, 0.25) is 0 Å². The second kappa shape index (κ2) is 8.26. The summed E-state index contributed by atoms with van der Waals surface area (Å²) in [5, 5.41) is 3.80. The van der Waals surface area contributed by atoms with Gasteiger partial charge in [-0.15, -0.1) is 0 Å². The van der Waals surface area contributed by atoms with Gasteiger partial charge in [0.15, 0.2) is 0 Å². The van der Waals surface area contributed by atoms with Gasteiger partial charge in [0, 0.05) is 31.2 Å². The molecule has 1 rings (SSSR count). The van der Waals surface area contributed by atoms with Crippen LogP contribution in [0.5, 0.6) is 0 Å². The van der Waals surface area contributed by atoms with Crippen LogP contribution in [0, 0.1) is 11.8 Å². The molecule has 0 radical (unpaired) electrons. The van der Waals surface area contributed by atoms with Crippen LogP contribution in [0.2, 0.25) is 0 Å². The Labute approximate surface area is 121 Å². The lowest BCUT2D eigenvalue weighted by atomic mass is 9.79. The zero-order valence-corrected chi connectivity index (χ0v) is 14.1. The maximum atomic E-state index is 3.80. The molecule has 1 aliphatic carbocycles. The average molecular weight is 268 g/mol. The number of hydrogen-bond donors (Lipinski definition) is 1. The number of nitrogens with zero attached hydrogens (tertiary/aromatic N) is 1. The third-order valence-electron chi connectivity index (χ3n) is 4.79. The highest BCUT2D eigenvalue weighted by Gasteiger charge is 2.23.